The average molecular weight is 409 g/mol. The maximum atomic E-state index is 12.5. The summed E-state index contributed by atoms with van der Waals surface area (Å²) in [6, 6.07) is 21.6. The first-order valence-corrected chi connectivity index (χ1v) is 10.8. The SMILES string of the molecule is Cc1ccc(S(=O)(=O)NCc2ccc(C(=O)NCc3ccccc3)cc2)cc1C. The molecule has 0 aliphatic carbocycles. The molecule has 1 amide bonds. The van der Waals surface area contributed by atoms with Crippen LogP contribution in [0.3, 0.4) is 0 Å². The number of nitrogens with one attached hydrogen (secondary N) is 2. The Morgan fingerprint density at radius 2 is 1.45 bits per heavy atom. The number of carbonyl (C=O) groups excluding carboxylic acids is 1. The van der Waals surface area contributed by atoms with Crippen LogP contribution in [-0.4, -0.2) is 14.3 Å². The highest BCUT2D eigenvalue weighted by Gasteiger charge is 2.14. The lowest BCUT2D eigenvalue weighted by Crippen LogP contribution is -2.24. The first kappa shape index (κ1) is 20.8. The third kappa shape index (κ3) is 5.53. The van der Waals surface area contributed by atoms with Crippen molar-refractivity contribution >= 4 is 15.9 Å². The third-order valence-electron chi connectivity index (χ3n) is 4.77. The largest absolute Gasteiger partial charge is 0.348 e. The van der Waals surface area contributed by atoms with Gasteiger partial charge in [0.25, 0.3) is 5.91 Å². The highest BCUT2D eigenvalue weighted by molar-refractivity contribution is 7.89. The number of aryl methyl sites for hydroxylation is 2. The van der Waals surface area contributed by atoms with E-state index < -0.39 is 10.0 Å². The highest BCUT2D eigenvalue weighted by Crippen LogP contribution is 2.15. The quantitative estimate of drug-likeness (QED) is 0.626. The Balaban J connectivity index is 1.58. The lowest BCUT2D eigenvalue weighted by Gasteiger charge is -2.10. The van der Waals surface area contributed by atoms with Crippen LogP contribution in [0, 0.1) is 13.8 Å². The second-order valence-electron chi connectivity index (χ2n) is 6.94. The molecule has 0 aliphatic heterocycles. The summed E-state index contributed by atoms with van der Waals surface area (Å²) in [4.78, 5) is 12.5. The molecule has 0 bridgehead atoms. The molecule has 150 valence electrons. The summed E-state index contributed by atoms with van der Waals surface area (Å²) in [6.07, 6.45) is 0. The van der Waals surface area contributed by atoms with Gasteiger partial charge in [-0.3, -0.25) is 4.79 Å². The van der Waals surface area contributed by atoms with Crippen molar-refractivity contribution in [1.82, 2.24) is 10.0 Å². The Hall–Kier alpha value is -2.96. The molecule has 3 aromatic rings. The van der Waals surface area contributed by atoms with E-state index >= 15 is 0 Å². The number of amides is 1. The van der Waals surface area contributed by atoms with Crippen molar-refractivity contribution in [3.8, 4) is 0 Å². The minimum atomic E-state index is -3.59. The summed E-state index contributed by atoms with van der Waals surface area (Å²) < 4.78 is 27.6. The molecule has 0 aromatic heterocycles. The summed E-state index contributed by atoms with van der Waals surface area (Å²) in [5.74, 6) is -0.170. The zero-order chi connectivity index (χ0) is 20.9. The molecule has 5 nitrogen and oxygen atoms in total. The Labute approximate surface area is 171 Å². The average Bonchev–Trinajstić information content (AvgIpc) is 2.73. The molecule has 6 heteroatoms. The molecule has 0 unspecified atom stereocenters. The van der Waals surface area contributed by atoms with Gasteiger partial charge in [0.05, 0.1) is 4.90 Å². The fourth-order valence-corrected chi connectivity index (χ4v) is 3.90. The highest BCUT2D eigenvalue weighted by atomic mass is 32.2. The van der Waals surface area contributed by atoms with Crippen LogP contribution in [-0.2, 0) is 23.1 Å². The fourth-order valence-electron chi connectivity index (χ4n) is 2.80. The lowest BCUT2D eigenvalue weighted by molar-refractivity contribution is 0.0951. The van der Waals surface area contributed by atoms with Gasteiger partial charge in [-0.15, -0.1) is 0 Å². The van der Waals surface area contributed by atoms with Gasteiger partial charge in [0.15, 0.2) is 0 Å². The zero-order valence-corrected chi connectivity index (χ0v) is 17.3. The normalized spacial score (nSPS) is 11.2. The Bertz CT molecular complexity index is 1090. The first-order valence-electron chi connectivity index (χ1n) is 9.33. The van der Waals surface area contributed by atoms with Crippen molar-refractivity contribution < 1.29 is 13.2 Å². The van der Waals surface area contributed by atoms with Crippen molar-refractivity contribution in [3.63, 3.8) is 0 Å². The van der Waals surface area contributed by atoms with Crippen LogP contribution in [0.2, 0.25) is 0 Å². The maximum Gasteiger partial charge on any atom is 0.251 e. The Morgan fingerprint density at radius 1 is 0.793 bits per heavy atom. The molecular weight excluding hydrogens is 384 g/mol. The summed E-state index contributed by atoms with van der Waals surface area (Å²) in [6.45, 7) is 4.44. The standard InChI is InChI=1S/C23H24N2O3S/c1-17-8-13-22(14-18(17)2)29(27,28)25-16-20-9-11-21(12-10-20)23(26)24-15-19-6-4-3-5-7-19/h3-14,25H,15-16H2,1-2H3,(H,24,26). The molecule has 29 heavy (non-hydrogen) atoms. The number of benzene rings is 3. The van der Waals surface area contributed by atoms with E-state index in [4.69, 9.17) is 0 Å². The fraction of sp³-hybridized carbons (Fsp3) is 0.174. The summed E-state index contributed by atoms with van der Waals surface area (Å²) in [5, 5.41) is 2.87. The second kappa shape index (κ2) is 9.03. The molecular formula is C23H24N2O3S. The lowest BCUT2D eigenvalue weighted by atomic mass is 10.1. The number of hydrogen-bond donors (Lipinski definition) is 2. The van der Waals surface area contributed by atoms with E-state index in [0.717, 1.165) is 22.3 Å². The number of rotatable bonds is 7. The van der Waals surface area contributed by atoms with Crippen molar-refractivity contribution in [2.75, 3.05) is 0 Å². The van der Waals surface area contributed by atoms with E-state index in [9.17, 15) is 13.2 Å². The predicted octanol–water partition coefficient (Wildman–Crippen LogP) is 3.71. The van der Waals surface area contributed by atoms with E-state index in [1.165, 1.54) is 0 Å². The topological polar surface area (TPSA) is 75.3 Å². The minimum Gasteiger partial charge on any atom is -0.348 e. The van der Waals surface area contributed by atoms with Crippen molar-refractivity contribution in [3.05, 3.63) is 101 Å². The van der Waals surface area contributed by atoms with Crippen LogP contribution in [0.1, 0.15) is 32.6 Å². The van der Waals surface area contributed by atoms with Gasteiger partial charge in [-0.1, -0.05) is 48.5 Å². The van der Waals surface area contributed by atoms with Crippen molar-refractivity contribution in [1.29, 1.82) is 0 Å². The molecule has 0 spiro atoms. The van der Waals surface area contributed by atoms with Crippen LogP contribution in [0.5, 0.6) is 0 Å². The van der Waals surface area contributed by atoms with Crippen LogP contribution < -0.4 is 10.0 Å². The van der Waals surface area contributed by atoms with Crippen LogP contribution in [0.25, 0.3) is 0 Å². The summed E-state index contributed by atoms with van der Waals surface area (Å²) in [5.41, 5.74) is 4.31. The number of sulfonamides is 1. The molecule has 2 N–H and O–H groups in total. The third-order valence-corrected chi connectivity index (χ3v) is 6.17. The van der Waals surface area contributed by atoms with Crippen LogP contribution in [0.4, 0.5) is 0 Å². The van der Waals surface area contributed by atoms with E-state index in [0.29, 0.717) is 12.1 Å². The van der Waals surface area contributed by atoms with Crippen LogP contribution >= 0.6 is 0 Å². The Kier molecular flexibility index (Phi) is 6.46. The van der Waals surface area contributed by atoms with Crippen molar-refractivity contribution in [2.45, 2.75) is 31.8 Å². The maximum absolute atomic E-state index is 12.5. The van der Waals surface area contributed by atoms with Gasteiger partial charge in [0, 0.05) is 18.7 Å². The van der Waals surface area contributed by atoms with Crippen molar-refractivity contribution in [2.24, 2.45) is 0 Å². The van der Waals surface area contributed by atoms with Crippen LogP contribution in [0.15, 0.2) is 77.7 Å². The smallest absolute Gasteiger partial charge is 0.251 e. The van der Waals surface area contributed by atoms with Gasteiger partial charge in [0.1, 0.15) is 0 Å². The van der Waals surface area contributed by atoms with E-state index in [2.05, 4.69) is 10.0 Å². The van der Waals surface area contributed by atoms with E-state index in [1.807, 2.05) is 44.2 Å². The molecule has 3 aromatic carbocycles. The molecule has 0 saturated carbocycles. The van der Waals surface area contributed by atoms with Gasteiger partial charge in [0.2, 0.25) is 10.0 Å². The first-order chi connectivity index (χ1) is 13.8. The van der Waals surface area contributed by atoms with Gasteiger partial charge in [-0.05, 0) is 60.4 Å². The predicted molar refractivity (Wildman–Crippen MR) is 114 cm³/mol. The van der Waals surface area contributed by atoms with Gasteiger partial charge in [-0.25, -0.2) is 13.1 Å². The second-order valence-corrected chi connectivity index (χ2v) is 8.70. The molecule has 3 rings (SSSR count). The van der Waals surface area contributed by atoms with Gasteiger partial charge >= 0.3 is 0 Å². The summed E-state index contributed by atoms with van der Waals surface area (Å²) >= 11 is 0. The molecule has 0 saturated heterocycles. The molecule has 0 fully saturated rings. The zero-order valence-electron chi connectivity index (χ0n) is 16.5. The number of carbonyl (C=O) groups is 1. The molecule has 0 radical (unpaired) electrons. The monoisotopic (exact) mass is 408 g/mol. The summed E-state index contributed by atoms with van der Waals surface area (Å²) in [7, 11) is -3.59. The molecule has 0 aliphatic rings. The van der Waals surface area contributed by atoms with Gasteiger partial charge in [-0.2, -0.15) is 0 Å². The molecule has 0 heterocycles. The minimum absolute atomic E-state index is 0.154. The van der Waals surface area contributed by atoms with E-state index in [1.54, 1.807) is 42.5 Å². The Morgan fingerprint density at radius 3 is 2.10 bits per heavy atom. The molecule has 0 atom stereocenters. The van der Waals surface area contributed by atoms with Gasteiger partial charge < -0.3 is 5.32 Å². The number of hydrogen-bond acceptors (Lipinski definition) is 3. The van der Waals surface area contributed by atoms with E-state index in [-0.39, 0.29) is 17.3 Å².